The van der Waals surface area contributed by atoms with E-state index in [4.69, 9.17) is 0 Å². The van der Waals surface area contributed by atoms with Gasteiger partial charge < -0.3 is 5.32 Å². The first-order valence-corrected chi connectivity index (χ1v) is 7.05. The van der Waals surface area contributed by atoms with Crippen LogP contribution < -0.4 is 5.32 Å². The van der Waals surface area contributed by atoms with Crippen LogP contribution in [-0.4, -0.2) is 0 Å². The molecule has 0 radical (unpaired) electrons. The molecular weight excluding hydrogens is 305 g/mol. The van der Waals surface area contributed by atoms with Gasteiger partial charge in [-0.2, -0.15) is 0 Å². The predicted octanol–water partition coefficient (Wildman–Crippen LogP) is 5.38. The van der Waals surface area contributed by atoms with Crippen molar-refractivity contribution in [2.45, 2.75) is 26.8 Å². The summed E-state index contributed by atoms with van der Waals surface area (Å²) >= 11 is 3.20. The van der Waals surface area contributed by atoms with Crippen molar-refractivity contribution in [2.75, 3.05) is 5.32 Å². The van der Waals surface area contributed by atoms with Crippen molar-refractivity contribution in [3.8, 4) is 0 Å². The molecule has 0 spiro atoms. The van der Waals surface area contributed by atoms with Gasteiger partial charge in [-0.15, -0.1) is 0 Å². The third-order valence-corrected chi connectivity index (χ3v) is 3.94. The number of anilines is 1. The van der Waals surface area contributed by atoms with Crippen LogP contribution in [0.3, 0.4) is 0 Å². The molecule has 0 amide bonds. The number of benzene rings is 2. The molecule has 0 aromatic heterocycles. The molecule has 0 heterocycles. The van der Waals surface area contributed by atoms with E-state index in [0.717, 1.165) is 5.69 Å². The molecule has 19 heavy (non-hydrogen) atoms. The van der Waals surface area contributed by atoms with Gasteiger partial charge >= 0.3 is 0 Å². The largest absolute Gasteiger partial charge is 0.378 e. The minimum absolute atomic E-state index is 0.177. The van der Waals surface area contributed by atoms with Crippen LogP contribution >= 0.6 is 15.9 Å². The Morgan fingerprint density at radius 1 is 1.05 bits per heavy atom. The van der Waals surface area contributed by atoms with E-state index in [-0.39, 0.29) is 11.9 Å². The Bertz CT molecular complexity index is 595. The standard InChI is InChI=1S/C16H17BrFN/c1-10-4-5-13(8-11(10)2)12(3)19-14-6-7-16(18)15(17)9-14/h4-9,12,19H,1-3H3. The van der Waals surface area contributed by atoms with Gasteiger partial charge in [0.05, 0.1) is 4.47 Å². The minimum atomic E-state index is -0.246. The number of nitrogens with one attached hydrogen (secondary N) is 1. The molecule has 2 aromatic rings. The molecule has 100 valence electrons. The maximum absolute atomic E-state index is 13.2. The summed E-state index contributed by atoms with van der Waals surface area (Å²) in [5.74, 6) is -0.246. The first kappa shape index (κ1) is 14.1. The normalized spacial score (nSPS) is 12.3. The second-order valence-electron chi connectivity index (χ2n) is 4.84. The summed E-state index contributed by atoms with van der Waals surface area (Å²) < 4.78 is 13.7. The van der Waals surface area contributed by atoms with E-state index in [0.29, 0.717) is 4.47 Å². The zero-order valence-electron chi connectivity index (χ0n) is 11.3. The topological polar surface area (TPSA) is 12.0 Å². The van der Waals surface area contributed by atoms with Crippen molar-refractivity contribution >= 4 is 21.6 Å². The van der Waals surface area contributed by atoms with E-state index in [2.05, 4.69) is 60.2 Å². The Morgan fingerprint density at radius 2 is 1.79 bits per heavy atom. The van der Waals surface area contributed by atoms with Crippen molar-refractivity contribution in [3.05, 3.63) is 63.4 Å². The molecule has 1 N–H and O–H groups in total. The Morgan fingerprint density at radius 3 is 2.42 bits per heavy atom. The summed E-state index contributed by atoms with van der Waals surface area (Å²) in [6.07, 6.45) is 0. The van der Waals surface area contributed by atoms with E-state index < -0.39 is 0 Å². The smallest absolute Gasteiger partial charge is 0.137 e. The zero-order valence-corrected chi connectivity index (χ0v) is 12.9. The van der Waals surface area contributed by atoms with Crippen molar-refractivity contribution in [1.29, 1.82) is 0 Å². The van der Waals surface area contributed by atoms with Gasteiger partial charge in [-0.3, -0.25) is 0 Å². The lowest BCUT2D eigenvalue weighted by Crippen LogP contribution is -2.07. The molecule has 0 fully saturated rings. The Hall–Kier alpha value is -1.35. The summed E-state index contributed by atoms with van der Waals surface area (Å²) in [5.41, 5.74) is 4.70. The van der Waals surface area contributed by atoms with Gasteiger partial charge in [-0.05, 0) is 71.6 Å². The van der Waals surface area contributed by atoms with Gasteiger partial charge in [0.15, 0.2) is 0 Å². The second kappa shape index (κ2) is 5.74. The van der Waals surface area contributed by atoms with Crippen LogP contribution in [0.25, 0.3) is 0 Å². The quantitative estimate of drug-likeness (QED) is 0.800. The summed E-state index contributed by atoms with van der Waals surface area (Å²) in [7, 11) is 0. The summed E-state index contributed by atoms with van der Waals surface area (Å²) in [4.78, 5) is 0. The third-order valence-electron chi connectivity index (χ3n) is 3.33. The van der Waals surface area contributed by atoms with Crippen LogP contribution in [0.1, 0.15) is 29.7 Å². The first-order chi connectivity index (χ1) is 8.97. The van der Waals surface area contributed by atoms with Gasteiger partial charge in [-0.1, -0.05) is 18.2 Å². The lowest BCUT2D eigenvalue weighted by molar-refractivity contribution is 0.621. The Balaban J connectivity index is 2.17. The van der Waals surface area contributed by atoms with Crippen molar-refractivity contribution in [3.63, 3.8) is 0 Å². The molecule has 3 heteroatoms. The highest BCUT2D eigenvalue weighted by Gasteiger charge is 2.07. The molecule has 0 saturated carbocycles. The fourth-order valence-corrected chi connectivity index (χ4v) is 2.33. The highest BCUT2D eigenvalue weighted by Crippen LogP contribution is 2.25. The number of hydrogen-bond donors (Lipinski definition) is 1. The molecule has 2 aromatic carbocycles. The first-order valence-electron chi connectivity index (χ1n) is 6.26. The molecular formula is C16H17BrFN. The van der Waals surface area contributed by atoms with E-state index in [1.54, 1.807) is 12.1 Å². The van der Waals surface area contributed by atoms with Crippen LogP contribution in [0.4, 0.5) is 10.1 Å². The SMILES string of the molecule is Cc1ccc(C(C)Nc2ccc(F)c(Br)c2)cc1C. The van der Waals surface area contributed by atoms with Crippen LogP contribution in [0, 0.1) is 19.7 Å². The Labute approximate surface area is 122 Å². The number of rotatable bonds is 3. The van der Waals surface area contributed by atoms with E-state index in [1.807, 2.05) is 0 Å². The van der Waals surface area contributed by atoms with Gasteiger partial charge in [0.1, 0.15) is 5.82 Å². The Kier molecular flexibility index (Phi) is 4.25. The molecule has 1 atom stereocenters. The highest BCUT2D eigenvalue weighted by atomic mass is 79.9. The third kappa shape index (κ3) is 3.35. The molecule has 2 rings (SSSR count). The molecule has 0 bridgehead atoms. The van der Waals surface area contributed by atoms with Gasteiger partial charge in [0.25, 0.3) is 0 Å². The highest BCUT2D eigenvalue weighted by molar-refractivity contribution is 9.10. The molecule has 1 unspecified atom stereocenters. The summed E-state index contributed by atoms with van der Waals surface area (Å²) in [5, 5.41) is 3.38. The average Bonchev–Trinajstić information content (AvgIpc) is 2.37. The summed E-state index contributed by atoms with van der Waals surface area (Å²) in [6.45, 7) is 6.32. The molecule has 0 aliphatic heterocycles. The average molecular weight is 322 g/mol. The maximum Gasteiger partial charge on any atom is 0.137 e. The van der Waals surface area contributed by atoms with Crippen molar-refractivity contribution in [1.82, 2.24) is 0 Å². The van der Waals surface area contributed by atoms with Gasteiger partial charge in [0, 0.05) is 11.7 Å². The molecule has 0 saturated heterocycles. The minimum Gasteiger partial charge on any atom is -0.378 e. The van der Waals surface area contributed by atoms with Crippen LogP contribution in [-0.2, 0) is 0 Å². The fraction of sp³-hybridized carbons (Fsp3) is 0.250. The van der Waals surface area contributed by atoms with Crippen molar-refractivity contribution < 1.29 is 4.39 Å². The van der Waals surface area contributed by atoms with Crippen molar-refractivity contribution in [2.24, 2.45) is 0 Å². The molecule has 0 aliphatic carbocycles. The van der Waals surface area contributed by atoms with Gasteiger partial charge in [-0.25, -0.2) is 4.39 Å². The molecule has 1 nitrogen and oxygen atoms in total. The van der Waals surface area contributed by atoms with E-state index in [9.17, 15) is 4.39 Å². The van der Waals surface area contributed by atoms with Crippen LogP contribution in [0.5, 0.6) is 0 Å². The van der Waals surface area contributed by atoms with Crippen LogP contribution in [0.15, 0.2) is 40.9 Å². The lowest BCUT2D eigenvalue weighted by Gasteiger charge is -2.17. The predicted molar refractivity (Wildman–Crippen MR) is 82.1 cm³/mol. The van der Waals surface area contributed by atoms with E-state index >= 15 is 0 Å². The van der Waals surface area contributed by atoms with E-state index in [1.165, 1.54) is 22.8 Å². The van der Waals surface area contributed by atoms with Gasteiger partial charge in [0.2, 0.25) is 0 Å². The monoisotopic (exact) mass is 321 g/mol. The fourth-order valence-electron chi connectivity index (χ4n) is 1.95. The number of aryl methyl sites for hydroxylation is 2. The lowest BCUT2D eigenvalue weighted by atomic mass is 10.0. The van der Waals surface area contributed by atoms with Crippen LogP contribution in [0.2, 0.25) is 0 Å². The second-order valence-corrected chi connectivity index (χ2v) is 5.69. The zero-order chi connectivity index (χ0) is 14.0. The maximum atomic E-state index is 13.2. The number of halogens is 2. The summed E-state index contributed by atoms with van der Waals surface area (Å²) in [6, 6.07) is 11.6. The molecule has 0 aliphatic rings. The number of hydrogen-bond acceptors (Lipinski definition) is 1.